The van der Waals surface area contributed by atoms with Crippen LogP contribution in [-0.4, -0.2) is 23.0 Å². The Labute approximate surface area is 142 Å². The molecule has 124 valence electrons. The molecule has 3 aromatic rings. The lowest BCUT2D eigenvalue weighted by Gasteiger charge is -2.31. The van der Waals surface area contributed by atoms with Crippen molar-refractivity contribution < 1.29 is 8.83 Å². The first kappa shape index (κ1) is 15.2. The minimum absolute atomic E-state index is 0.649. The molecular weight excluding hydrogens is 300 g/mol. The fourth-order valence-electron chi connectivity index (χ4n) is 3.45. The molecule has 0 N–H and O–H groups in total. The monoisotopic (exact) mass is 322 g/mol. The third kappa shape index (κ3) is 3.15. The summed E-state index contributed by atoms with van der Waals surface area (Å²) in [6.07, 6.45) is 5.72. The van der Waals surface area contributed by atoms with Gasteiger partial charge in [0.2, 0.25) is 5.89 Å². The van der Waals surface area contributed by atoms with Gasteiger partial charge in [-0.3, -0.25) is 4.90 Å². The molecule has 0 unspecified atom stereocenters. The molecule has 0 amide bonds. The number of oxazole rings is 1. The number of furan rings is 1. The van der Waals surface area contributed by atoms with E-state index in [1.165, 1.54) is 18.4 Å². The highest BCUT2D eigenvalue weighted by Gasteiger charge is 2.22. The first-order valence-electron chi connectivity index (χ1n) is 8.56. The van der Waals surface area contributed by atoms with Gasteiger partial charge >= 0.3 is 0 Å². The molecule has 0 bridgehead atoms. The van der Waals surface area contributed by atoms with Crippen molar-refractivity contribution in [2.45, 2.75) is 32.2 Å². The SMILES string of the molecule is Cc1oc(-c2ccoc2)nc1CN1CCC(c2ccccc2)CC1. The third-order valence-electron chi connectivity index (χ3n) is 4.89. The molecule has 1 aliphatic rings. The van der Waals surface area contributed by atoms with Gasteiger partial charge in [-0.05, 0) is 50.4 Å². The predicted octanol–water partition coefficient (Wildman–Crippen LogP) is 4.62. The summed E-state index contributed by atoms with van der Waals surface area (Å²) >= 11 is 0. The molecule has 3 heterocycles. The van der Waals surface area contributed by atoms with Crippen LogP contribution in [0.3, 0.4) is 0 Å². The van der Waals surface area contributed by atoms with E-state index in [9.17, 15) is 0 Å². The fourth-order valence-corrected chi connectivity index (χ4v) is 3.45. The van der Waals surface area contributed by atoms with Crippen LogP contribution >= 0.6 is 0 Å². The Morgan fingerprint density at radius 2 is 1.92 bits per heavy atom. The molecule has 0 saturated carbocycles. The average molecular weight is 322 g/mol. The number of aromatic nitrogens is 1. The van der Waals surface area contributed by atoms with E-state index in [0.717, 1.165) is 36.7 Å². The number of piperidine rings is 1. The molecule has 4 rings (SSSR count). The number of hydrogen-bond acceptors (Lipinski definition) is 4. The van der Waals surface area contributed by atoms with Crippen molar-refractivity contribution in [2.75, 3.05) is 13.1 Å². The normalized spacial score (nSPS) is 16.5. The molecular formula is C20H22N2O2. The summed E-state index contributed by atoms with van der Waals surface area (Å²) in [5.41, 5.74) is 3.40. The van der Waals surface area contributed by atoms with E-state index < -0.39 is 0 Å². The molecule has 0 atom stereocenters. The van der Waals surface area contributed by atoms with Crippen LogP contribution in [0.4, 0.5) is 0 Å². The minimum Gasteiger partial charge on any atom is -0.472 e. The van der Waals surface area contributed by atoms with Crippen molar-refractivity contribution >= 4 is 0 Å². The maximum atomic E-state index is 5.79. The smallest absolute Gasteiger partial charge is 0.229 e. The molecule has 1 aliphatic heterocycles. The quantitative estimate of drug-likeness (QED) is 0.703. The molecule has 24 heavy (non-hydrogen) atoms. The Bertz CT molecular complexity index is 769. The third-order valence-corrected chi connectivity index (χ3v) is 4.89. The summed E-state index contributed by atoms with van der Waals surface area (Å²) < 4.78 is 10.9. The van der Waals surface area contributed by atoms with Crippen LogP contribution < -0.4 is 0 Å². The molecule has 2 aromatic heterocycles. The van der Waals surface area contributed by atoms with E-state index in [0.29, 0.717) is 11.8 Å². The summed E-state index contributed by atoms with van der Waals surface area (Å²) in [7, 11) is 0. The highest BCUT2D eigenvalue weighted by Crippen LogP contribution is 2.29. The van der Waals surface area contributed by atoms with Gasteiger partial charge in [0.05, 0.1) is 17.5 Å². The second-order valence-electron chi connectivity index (χ2n) is 6.50. The van der Waals surface area contributed by atoms with Crippen molar-refractivity contribution in [3.63, 3.8) is 0 Å². The number of aryl methyl sites for hydroxylation is 1. The Hall–Kier alpha value is -2.33. The zero-order valence-corrected chi connectivity index (χ0v) is 13.9. The molecule has 1 aromatic carbocycles. The number of hydrogen-bond donors (Lipinski definition) is 0. The highest BCUT2D eigenvalue weighted by atomic mass is 16.4. The van der Waals surface area contributed by atoms with E-state index in [4.69, 9.17) is 8.83 Å². The predicted molar refractivity (Wildman–Crippen MR) is 92.6 cm³/mol. The fraction of sp³-hybridized carbons (Fsp3) is 0.350. The molecule has 4 nitrogen and oxygen atoms in total. The van der Waals surface area contributed by atoms with Crippen molar-refractivity contribution in [2.24, 2.45) is 0 Å². The summed E-state index contributed by atoms with van der Waals surface area (Å²) in [5, 5.41) is 0. The molecule has 0 aliphatic carbocycles. The van der Waals surface area contributed by atoms with Gasteiger partial charge in [-0.2, -0.15) is 0 Å². The number of benzene rings is 1. The molecule has 0 spiro atoms. The van der Waals surface area contributed by atoms with Gasteiger partial charge in [-0.1, -0.05) is 30.3 Å². The lowest BCUT2D eigenvalue weighted by Crippen LogP contribution is -2.32. The number of rotatable bonds is 4. The summed E-state index contributed by atoms with van der Waals surface area (Å²) in [6.45, 7) is 5.05. The van der Waals surface area contributed by atoms with Crippen LogP contribution in [0.5, 0.6) is 0 Å². The van der Waals surface area contributed by atoms with Crippen LogP contribution in [0.15, 0.2) is 57.8 Å². The van der Waals surface area contributed by atoms with E-state index >= 15 is 0 Å². The van der Waals surface area contributed by atoms with Crippen molar-refractivity contribution in [3.05, 3.63) is 65.9 Å². The van der Waals surface area contributed by atoms with Gasteiger partial charge in [0, 0.05) is 6.54 Å². The summed E-state index contributed by atoms with van der Waals surface area (Å²) in [5.74, 6) is 2.23. The van der Waals surface area contributed by atoms with Crippen LogP contribution in [0.1, 0.15) is 35.8 Å². The van der Waals surface area contributed by atoms with Crippen molar-refractivity contribution in [3.8, 4) is 11.5 Å². The van der Waals surface area contributed by atoms with Crippen LogP contribution in [-0.2, 0) is 6.54 Å². The maximum absolute atomic E-state index is 5.79. The molecule has 1 fully saturated rings. The molecule has 0 radical (unpaired) electrons. The molecule has 4 heteroatoms. The van der Waals surface area contributed by atoms with E-state index in [1.54, 1.807) is 12.5 Å². The van der Waals surface area contributed by atoms with Crippen LogP contribution in [0.25, 0.3) is 11.5 Å². The van der Waals surface area contributed by atoms with Crippen molar-refractivity contribution in [1.82, 2.24) is 9.88 Å². The van der Waals surface area contributed by atoms with Gasteiger partial charge < -0.3 is 8.83 Å². The van der Waals surface area contributed by atoms with Gasteiger partial charge in [0.1, 0.15) is 12.0 Å². The van der Waals surface area contributed by atoms with Crippen LogP contribution in [0.2, 0.25) is 0 Å². The maximum Gasteiger partial charge on any atom is 0.229 e. The lowest BCUT2D eigenvalue weighted by atomic mass is 9.89. The molecule has 1 saturated heterocycles. The highest BCUT2D eigenvalue weighted by molar-refractivity contribution is 5.51. The second kappa shape index (κ2) is 6.65. The standard InChI is InChI=1S/C20H22N2O2/c1-15-19(21-20(24-15)18-9-12-23-14-18)13-22-10-7-17(8-11-22)16-5-3-2-4-6-16/h2-6,9,12,14,17H,7-8,10-11,13H2,1H3. The van der Waals surface area contributed by atoms with Crippen molar-refractivity contribution in [1.29, 1.82) is 0 Å². The first-order valence-corrected chi connectivity index (χ1v) is 8.56. The van der Waals surface area contributed by atoms with Gasteiger partial charge in [-0.15, -0.1) is 0 Å². The Morgan fingerprint density at radius 1 is 1.12 bits per heavy atom. The minimum atomic E-state index is 0.649. The first-order chi connectivity index (χ1) is 11.8. The Balaban J connectivity index is 1.39. The largest absolute Gasteiger partial charge is 0.472 e. The zero-order valence-electron chi connectivity index (χ0n) is 13.9. The van der Waals surface area contributed by atoms with Crippen LogP contribution in [0, 0.1) is 6.92 Å². The Kier molecular flexibility index (Phi) is 4.22. The van der Waals surface area contributed by atoms with Gasteiger partial charge in [0.25, 0.3) is 0 Å². The summed E-state index contributed by atoms with van der Waals surface area (Å²) in [4.78, 5) is 7.13. The summed E-state index contributed by atoms with van der Waals surface area (Å²) in [6, 6.07) is 12.7. The average Bonchev–Trinajstić information content (AvgIpc) is 3.27. The van der Waals surface area contributed by atoms with Gasteiger partial charge in [-0.25, -0.2) is 4.98 Å². The number of likely N-dealkylation sites (tertiary alicyclic amines) is 1. The second-order valence-corrected chi connectivity index (χ2v) is 6.50. The Morgan fingerprint density at radius 3 is 2.62 bits per heavy atom. The van der Waals surface area contributed by atoms with E-state index in [2.05, 4.69) is 40.2 Å². The zero-order chi connectivity index (χ0) is 16.4. The topological polar surface area (TPSA) is 42.4 Å². The van der Waals surface area contributed by atoms with E-state index in [1.807, 2.05) is 13.0 Å². The lowest BCUT2D eigenvalue weighted by molar-refractivity contribution is 0.202. The van der Waals surface area contributed by atoms with E-state index in [-0.39, 0.29) is 0 Å². The number of nitrogens with zero attached hydrogens (tertiary/aromatic N) is 2. The van der Waals surface area contributed by atoms with Gasteiger partial charge in [0.15, 0.2) is 0 Å².